The molecule has 25 heavy (non-hydrogen) atoms. The molecular weight excluding hydrogens is 334 g/mol. The fraction of sp³-hybridized carbons (Fsp3) is 0.350. The molecule has 1 saturated heterocycles. The minimum atomic E-state index is 0.675. The molecule has 2 aromatic rings. The lowest BCUT2D eigenvalue weighted by Crippen LogP contribution is -3.27. The van der Waals surface area contributed by atoms with Crippen molar-refractivity contribution in [3.8, 4) is 11.8 Å². The zero-order valence-electron chi connectivity index (χ0n) is 14.3. The third-order valence-electron chi connectivity index (χ3n) is 4.75. The molecule has 4 nitrogen and oxygen atoms in total. The molecule has 0 radical (unpaired) electrons. The molecule has 0 bridgehead atoms. The highest BCUT2D eigenvalue weighted by molar-refractivity contribution is 6.32. The first-order valence-electron chi connectivity index (χ1n) is 8.78. The summed E-state index contributed by atoms with van der Waals surface area (Å²) in [5, 5.41) is 9.54. The lowest BCUT2D eigenvalue weighted by atomic mass is 10.1. The zero-order valence-corrected chi connectivity index (χ0v) is 15.1. The van der Waals surface area contributed by atoms with Gasteiger partial charge in [0.2, 0.25) is 0 Å². The quantitative estimate of drug-likeness (QED) is 0.794. The van der Waals surface area contributed by atoms with Crippen LogP contribution in [0, 0.1) is 11.3 Å². The van der Waals surface area contributed by atoms with E-state index >= 15 is 0 Å². The van der Waals surface area contributed by atoms with Gasteiger partial charge in [0, 0.05) is 5.56 Å². The summed E-state index contributed by atoms with van der Waals surface area (Å²) in [6.45, 7) is 7.41. The van der Waals surface area contributed by atoms with Gasteiger partial charge in [0.1, 0.15) is 51.6 Å². The van der Waals surface area contributed by atoms with E-state index in [0.717, 1.165) is 37.5 Å². The van der Waals surface area contributed by atoms with Crippen LogP contribution in [0.4, 0.5) is 0 Å². The summed E-state index contributed by atoms with van der Waals surface area (Å²) in [6, 6.07) is 17.7. The standard InChI is InChI=1S/C20H22ClN3O/c21-19-3-1-2-4-20(19)25-14-13-23-9-11-24(12-10-23)16-18-7-5-17(15-22)6-8-18/h1-8H,9-14,16H2/p+2. The Morgan fingerprint density at radius 1 is 0.960 bits per heavy atom. The molecule has 1 fully saturated rings. The highest BCUT2D eigenvalue weighted by Crippen LogP contribution is 2.22. The van der Waals surface area contributed by atoms with E-state index in [1.165, 1.54) is 18.7 Å². The molecule has 2 N–H and O–H groups in total. The highest BCUT2D eigenvalue weighted by atomic mass is 35.5. The van der Waals surface area contributed by atoms with Crippen LogP contribution in [-0.4, -0.2) is 39.3 Å². The van der Waals surface area contributed by atoms with Crippen molar-refractivity contribution in [3.05, 3.63) is 64.7 Å². The largest absolute Gasteiger partial charge is 0.486 e. The van der Waals surface area contributed by atoms with Crippen molar-refractivity contribution in [2.75, 3.05) is 39.3 Å². The van der Waals surface area contributed by atoms with Gasteiger partial charge in [0.15, 0.2) is 0 Å². The van der Waals surface area contributed by atoms with Gasteiger partial charge in [-0.2, -0.15) is 5.26 Å². The second-order valence-electron chi connectivity index (χ2n) is 6.51. The SMILES string of the molecule is N#Cc1ccc(C[NH+]2CC[NH+](CCOc3ccccc3Cl)CC2)cc1. The van der Waals surface area contributed by atoms with Crippen LogP contribution in [-0.2, 0) is 6.54 Å². The Labute approximate surface area is 154 Å². The van der Waals surface area contributed by atoms with Gasteiger partial charge < -0.3 is 14.5 Å². The number of ether oxygens (including phenoxy) is 1. The number of benzene rings is 2. The fourth-order valence-electron chi connectivity index (χ4n) is 3.24. The van der Waals surface area contributed by atoms with E-state index in [-0.39, 0.29) is 0 Å². The van der Waals surface area contributed by atoms with Crippen LogP contribution in [0.5, 0.6) is 5.75 Å². The van der Waals surface area contributed by atoms with E-state index in [9.17, 15) is 0 Å². The summed E-state index contributed by atoms with van der Waals surface area (Å²) in [6.07, 6.45) is 0. The Morgan fingerprint density at radius 2 is 1.64 bits per heavy atom. The van der Waals surface area contributed by atoms with Crippen molar-refractivity contribution in [1.82, 2.24) is 0 Å². The summed E-state index contributed by atoms with van der Waals surface area (Å²) in [5.74, 6) is 0.772. The van der Waals surface area contributed by atoms with Crippen molar-refractivity contribution < 1.29 is 14.5 Å². The van der Waals surface area contributed by atoms with E-state index in [2.05, 4.69) is 18.2 Å². The number of quaternary nitrogens is 2. The van der Waals surface area contributed by atoms with Crippen molar-refractivity contribution in [3.63, 3.8) is 0 Å². The molecular formula is C20H24ClN3O+2. The van der Waals surface area contributed by atoms with Crippen molar-refractivity contribution >= 4 is 11.6 Å². The molecule has 3 rings (SSSR count). The van der Waals surface area contributed by atoms with E-state index in [0.29, 0.717) is 11.6 Å². The van der Waals surface area contributed by atoms with Crippen LogP contribution in [0.15, 0.2) is 48.5 Å². The fourth-order valence-corrected chi connectivity index (χ4v) is 3.43. The lowest BCUT2D eigenvalue weighted by molar-refractivity contribution is -1.02. The Bertz CT molecular complexity index is 718. The van der Waals surface area contributed by atoms with Gasteiger partial charge in [-0.15, -0.1) is 0 Å². The molecule has 1 aliphatic rings. The first-order chi connectivity index (χ1) is 12.2. The number of nitrogens with zero attached hydrogens (tertiary/aromatic N) is 1. The van der Waals surface area contributed by atoms with Crippen molar-refractivity contribution in [2.24, 2.45) is 0 Å². The second kappa shape index (κ2) is 8.87. The maximum absolute atomic E-state index is 8.86. The second-order valence-corrected chi connectivity index (χ2v) is 6.92. The highest BCUT2D eigenvalue weighted by Gasteiger charge is 2.22. The van der Waals surface area contributed by atoms with E-state index < -0.39 is 0 Å². The molecule has 2 aromatic carbocycles. The summed E-state index contributed by atoms with van der Waals surface area (Å²) >= 11 is 6.11. The van der Waals surface area contributed by atoms with E-state index in [1.54, 1.807) is 9.80 Å². The zero-order chi connectivity index (χ0) is 17.5. The Kier molecular flexibility index (Phi) is 6.30. The number of halogens is 1. The van der Waals surface area contributed by atoms with Crippen molar-refractivity contribution in [2.45, 2.75) is 6.54 Å². The van der Waals surface area contributed by atoms with Gasteiger partial charge in [-0.25, -0.2) is 0 Å². The number of hydrogen-bond donors (Lipinski definition) is 2. The van der Waals surface area contributed by atoms with Gasteiger partial charge in [-0.1, -0.05) is 35.9 Å². The molecule has 0 amide bonds. The monoisotopic (exact) mass is 357 g/mol. The van der Waals surface area contributed by atoms with Gasteiger partial charge in [0.25, 0.3) is 0 Å². The van der Waals surface area contributed by atoms with Crippen LogP contribution >= 0.6 is 11.6 Å². The smallest absolute Gasteiger partial charge is 0.138 e. The molecule has 1 aliphatic heterocycles. The minimum Gasteiger partial charge on any atom is -0.486 e. The van der Waals surface area contributed by atoms with Gasteiger partial charge in [0.05, 0.1) is 16.7 Å². The number of piperazine rings is 1. The van der Waals surface area contributed by atoms with Gasteiger partial charge in [-0.05, 0) is 24.3 Å². The molecule has 1 heterocycles. The number of rotatable bonds is 6. The molecule has 5 heteroatoms. The first-order valence-corrected chi connectivity index (χ1v) is 9.16. The Morgan fingerprint density at radius 3 is 2.32 bits per heavy atom. The maximum atomic E-state index is 8.86. The Balaban J connectivity index is 1.38. The third kappa shape index (κ3) is 5.20. The predicted octanol–water partition coefficient (Wildman–Crippen LogP) is 0.574. The summed E-state index contributed by atoms with van der Waals surface area (Å²) in [7, 11) is 0. The van der Waals surface area contributed by atoms with Crippen LogP contribution < -0.4 is 14.5 Å². The minimum absolute atomic E-state index is 0.675. The van der Waals surface area contributed by atoms with E-state index in [1.807, 2.05) is 36.4 Å². The van der Waals surface area contributed by atoms with Gasteiger partial charge >= 0.3 is 0 Å². The average Bonchev–Trinajstić information content (AvgIpc) is 2.65. The third-order valence-corrected chi connectivity index (χ3v) is 5.06. The van der Waals surface area contributed by atoms with Crippen LogP contribution in [0.2, 0.25) is 5.02 Å². The van der Waals surface area contributed by atoms with Crippen LogP contribution in [0.1, 0.15) is 11.1 Å². The molecule has 0 aromatic heterocycles. The molecule has 0 saturated carbocycles. The summed E-state index contributed by atoms with van der Waals surface area (Å²) < 4.78 is 5.80. The van der Waals surface area contributed by atoms with E-state index in [4.69, 9.17) is 21.6 Å². The summed E-state index contributed by atoms with van der Waals surface area (Å²) in [5.41, 5.74) is 2.03. The van der Waals surface area contributed by atoms with Crippen LogP contribution in [0.3, 0.4) is 0 Å². The lowest BCUT2D eigenvalue weighted by Gasteiger charge is -2.29. The molecule has 0 aliphatic carbocycles. The van der Waals surface area contributed by atoms with Gasteiger partial charge in [-0.3, -0.25) is 0 Å². The first kappa shape index (κ1) is 17.8. The molecule has 0 atom stereocenters. The number of nitriles is 1. The Hall–Kier alpha value is -2.06. The van der Waals surface area contributed by atoms with Crippen molar-refractivity contribution in [1.29, 1.82) is 5.26 Å². The predicted molar refractivity (Wildman–Crippen MR) is 98.1 cm³/mol. The molecule has 130 valence electrons. The number of para-hydroxylation sites is 1. The summed E-state index contributed by atoms with van der Waals surface area (Å²) in [4.78, 5) is 3.20. The topological polar surface area (TPSA) is 41.9 Å². The maximum Gasteiger partial charge on any atom is 0.138 e. The van der Waals surface area contributed by atoms with Crippen LogP contribution in [0.25, 0.3) is 0 Å². The molecule has 0 unspecified atom stereocenters. The average molecular weight is 358 g/mol. The number of nitrogens with one attached hydrogen (secondary N) is 2. The normalized spacial score (nSPS) is 20.0. The molecule has 0 spiro atoms. The number of hydrogen-bond acceptors (Lipinski definition) is 2.